The molecule has 3 N–H and O–H groups in total. The van der Waals surface area contributed by atoms with Gasteiger partial charge in [-0.05, 0) is 6.26 Å². The van der Waals surface area contributed by atoms with Gasteiger partial charge in [0.1, 0.15) is 0 Å². The zero-order valence-electron chi connectivity index (χ0n) is 4.72. The van der Waals surface area contributed by atoms with Crippen LogP contribution in [0.3, 0.4) is 0 Å². The van der Waals surface area contributed by atoms with E-state index in [4.69, 9.17) is 5.73 Å². The van der Waals surface area contributed by atoms with Crippen LogP contribution in [0, 0.1) is 0 Å². The van der Waals surface area contributed by atoms with Gasteiger partial charge in [0, 0.05) is 0 Å². The Labute approximate surface area is 52.7 Å². The molecule has 0 spiro atoms. The van der Waals surface area contributed by atoms with Crippen LogP contribution in [-0.4, -0.2) is 24.1 Å². The fraction of sp³-hybridized carbons (Fsp3) is 0.750. The van der Waals surface area contributed by atoms with Crippen LogP contribution in [0.25, 0.3) is 0 Å². The van der Waals surface area contributed by atoms with Crippen molar-refractivity contribution in [3.05, 3.63) is 0 Å². The summed E-state index contributed by atoms with van der Waals surface area (Å²) in [5.41, 5.74) is 5.33. The van der Waals surface area contributed by atoms with E-state index in [9.17, 15) is 0 Å². The van der Waals surface area contributed by atoms with E-state index in [0.717, 1.165) is 6.54 Å². The molecule has 1 aliphatic heterocycles. The number of nitrogens with one attached hydrogen (secondary N) is 1. The van der Waals surface area contributed by atoms with E-state index < -0.39 is 0 Å². The molecular formula is C4H9N3S. The van der Waals surface area contributed by atoms with Crippen molar-refractivity contribution in [3.8, 4) is 0 Å². The Morgan fingerprint density at radius 1 is 2.00 bits per heavy atom. The first-order valence-electron chi connectivity index (χ1n) is 2.42. The molecule has 8 heavy (non-hydrogen) atoms. The molecular weight excluding hydrogens is 122 g/mol. The van der Waals surface area contributed by atoms with Gasteiger partial charge in [0.05, 0.1) is 11.9 Å². The highest BCUT2D eigenvalue weighted by Crippen LogP contribution is 2.05. The summed E-state index contributed by atoms with van der Waals surface area (Å²) in [7, 11) is 0. The average Bonchev–Trinajstić information content (AvgIpc) is 2.14. The molecule has 4 heteroatoms. The minimum Gasteiger partial charge on any atom is -0.370 e. The van der Waals surface area contributed by atoms with E-state index in [0.29, 0.717) is 11.3 Å². The summed E-state index contributed by atoms with van der Waals surface area (Å²) in [6, 6.07) is 0. The van der Waals surface area contributed by atoms with E-state index in [-0.39, 0.29) is 0 Å². The van der Waals surface area contributed by atoms with Crippen LogP contribution in [0.2, 0.25) is 0 Å². The first-order valence-corrected chi connectivity index (χ1v) is 3.71. The van der Waals surface area contributed by atoms with Gasteiger partial charge in [0.15, 0.2) is 5.96 Å². The Morgan fingerprint density at radius 2 is 2.75 bits per heavy atom. The highest BCUT2D eigenvalue weighted by Gasteiger charge is 2.11. The lowest BCUT2D eigenvalue weighted by molar-refractivity contribution is 0.890. The first kappa shape index (κ1) is 5.75. The molecule has 0 saturated carbocycles. The molecule has 0 radical (unpaired) electrons. The van der Waals surface area contributed by atoms with E-state index in [1.165, 1.54) is 0 Å². The van der Waals surface area contributed by atoms with Gasteiger partial charge >= 0.3 is 0 Å². The summed E-state index contributed by atoms with van der Waals surface area (Å²) >= 11 is 1.73. The van der Waals surface area contributed by atoms with E-state index >= 15 is 0 Å². The Hall–Kier alpha value is -0.380. The van der Waals surface area contributed by atoms with Crippen molar-refractivity contribution in [2.75, 3.05) is 12.8 Å². The summed E-state index contributed by atoms with van der Waals surface area (Å²) in [6.07, 6.45) is 2.03. The molecule has 1 unspecified atom stereocenters. The Balaban J connectivity index is 2.32. The predicted octanol–water partition coefficient (Wildman–Crippen LogP) is -0.407. The Kier molecular flexibility index (Phi) is 1.62. The van der Waals surface area contributed by atoms with E-state index in [1.54, 1.807) is 11.8 Å². The van der Waals surface area contributed by atoms with Crippen LogP contribution >= 0.6 is 11.8 Å². The fourth-order valence-corrected chi connectivity index (χ4v) is 1.03. The maximum atomic E-state index is 5.33. The molecule has 0 fully saturated rings. The maximum Gasteiger partial charge on any atom is 0.189 e. The molecule has 1 rings (SSSR count). The van der Waals surface area contributed by atoms with E-state index in [2.05, 4.69) is 10.3 Å². The molecule has 0 saturated heterocycles. The molecule has 1 heterocycles. The normalized spacial score (nSPS) is 27.1. The number of nitrogens with zero attached hydrogens (tertiary/aromatic N) is 1. The van der Waals surface area contributed by atoms with Gasteiger partial charge in [-0.15, -0.1) is 11.8 Å². The quantitative estimate of drug-likeness (QED) is 0.509. The number of thioether (sulfide) groups is 1. The van der Waals surface area contributed by atoms with Gasteiger partial charge in [0.25, 0.3) is 0 Å². The van der Waals surface area contributed by atoms with Gasteiger partial charge in [-0.25, -0.2) is 0 Å². The van der Waals surface area contributed by atoms with Crippen molar-refractivity contribution in [1.82, 2.24) is 5.32 Å². The SMILES string of the molecule is CSC1CN=C(N)N1. The number of rotatable bonds is 1. The van der Waals surface area contributed by atoms with Crippen molar-refractivity contribution in [3.63, 3.8) is 0 Å². The number of guanidine groups is 1. The summed E-state index contributed by atoms with van der Waals surface area (Å²) in [5, 5.41) is 3.41. The van der Waals surface area contributed by atoms with Crippen molar-refractivity contribution in [2.45, 2.75) is 5.37 Å². The molecule has 0 bridgehead atoms. The van der Waals surface area contributed by atoms with Crippen molar-refractivity contribution in [1.29, 1.82) is 0 Å². The van der Waals surface area contributed by atoms with Crippen LogP contribution in [-0.2, 0) is 0 Å². The van der Waals surface area contributed by atoms with Crippen LogP contribution < -0.4 is 11.1 Å². The maximum absolute atomic E-state index is 5.33. The zero-order chi connectivity index (χ0) is 5.98. The summed E-state index contributed by atoms with van der Waals surface area (Å²) in [4.78, 5) is 3.95. The zero-order valence-corrected chi connectivity index (χ0v) is 5.53. The summed E-state index contributed by atoms with van der Waals surface area (Å²) in [6.45, 7) is 0.812. The standard InChI is InChI=1S/C4H9N3S/c1-8-3-2-6-4(5)7-3/h3H,2H2,1H3,(H3,5,6,7). The number of nitrogens with two attached hydrogens (primary N) is 1. The lowest BCUT2D eigenvalue weighted by Crippen LogP contribution is -2.32. The average molecular weight is 131 g/mol. The third-order valence-electron chi connectivity index (χ3n) is 1.02. The summed E-state index contributed by atoms with van der Waals surface area (Å²) in [5.74, 6) is 0.573. The lowest BCUT2D eigenvalue weighted by atomic mass is 10.7. The first-order chi connectivity index (χ1) is 3.83. The number of hydrogen-bond donors (Lipinski definition) is 2. The fourth-order valence-electron chi connectivity index (χ4n) is 0.571. The molecule has 0 aliphatic carbocycles. The molecule has 3 nitrogen and oxygen atoms in total. The summed E-state index contributed by atoms with van der Waals surface area (Å²) < 4.78 is 0. The lowest BCUT2D eigenvalue weighted by Gasteiger charge is -2.03. The predicted molar refractivity (Wildman–Crippen MR) is 36.9 cm³/mol. The second kappa shape index (κ2) is 2.26. The third-order valence-corrected chi connectivity index (χ3v) is 1.86. The highest BCUT2D eigenvalue weighted by molar-refractivity contribution is 7.99. The minimum atomic E-state index is 0.412. The van der Waals surface area contributed by atoms with Gasteiger partial charge in [0.2, 0.25) is 0 Å². The smallest absolute Gasteiger partial charge is 0.189 e. The second-order valence-electron chi connectivity index (χ2n) is 1.59. The van der Waals surface area contributed by atoms with Crippen molar-refractivity contribution >= 4 is 17.7 Å². The Bertz CT molecular complexity index is 112. The molecule has 0 aromatic carbocycles. The largest absolute Gasteiger partial charge is 0.370 e. The Morgan fingerprint density at radius 3 is 3.00 bits per heavy atom. The van der Waals surface area contributed by atoms with Gasteiger partial charge < -0.3 is 11.1 Å². The van der Waals surface area contributed by atoms with E-state index in [1.807, 2.05) is 6.26 Å². The van der Waals surface area contributed by atoms with Gasteiger partial charge in [-0.3, -0.25) is 4.99 Å². The van der Waals surface area contributed by atoms with Crippen molar-refractivity contribution in [2.24, 2.45) is 10.7 Å². The second-order valence-corrected chi connectivity index (χ2v) is 2.64. The van der Waals surface area contributed by atoms with Gasteiger partial charge in [-0.2, -0.15) is 0 Å². The molecule has 1 atom stereocenters. The monoisotopic (exact) mass is 131 g/mol. The number of hydrogen-bond acceptors (Lipinski definition) is 4. The highest BCUT2D eigenvalue weighted by atomic mass is 32.2. The molecule has 1 aliphatic rings. The molecule has 0 aromatic rings. The van der Waals surface area contributed by atoms with Crippen LogP contribution in [0.1, 0.15) is 0 Å². The molecule has 0 amide bonds. The van der Waals surface area contributed by atoms with Gasteiger partial charge in [-0.1, -0.05) is 0 Å². The van der Waals surface area contributed by atoms with Crippen LogP contribution in [0.15, 0.2) is 4.99 Å². The molecule has 0 aromatic heterocycles. The number of aliphatic imine (C=N–C) groups is 1. The minimum absolute atomic E-state index is 0.412. The third kappa shape index (κ3) is 1.06. The van der Waals surface area contributed by atoms with Crippen molar-refractivity contribution < 1.29 is 0 Å². The van der Waals surface area contributed by atoms with Crippen LogP contribution in [0.4, 0.5) is 0 Å². The van der Waals surface area contributed by atoms with Crippen LogP contribution in [0.5, 0.6) is 0 Å². The topological polar surface area (TPSA) is 50.4 Å². The molecule has 46 valence electrons.